The SMILES string of the molecule is Br.N=c1cc(N)n2ccsc2n1.O. The fourth-order valence-corrected chi connectivity index (χ4v) is 1.63. The number of aromatic nitrogens is 2. The number of rotatable bonds is 0. The Labute approximate surface area is 88.4 Å². The fourth-order valence-electron chi connectivity index (χ4n) is 0.894. The van der Waals surface area contributed by atoms with Crippen LogP contribution in [-0.2, 0) is 0 Å². The van der Waals surface area contributed by atoms with Crippen LogP contribution in [-0.4, -0.2) is 14.9 Å². The number of nitrogens with one attached hydrogen (secondary N) is 1. The summed E-state index contributed by atoms with van der Waals surface area (Å²) in [4.78, 5) is 4.72. The average Bonchev–Trinajstić information content (AvgIpc) is 2.34. The molecule has 5 N–H and O–H groups in total. The molecule has 0 aliphatic carbocycles. The molecule has 2 aromatic heterocycles. The summed E-state index contributed by atoms with van der Waals surface area (Å²) in [6.07, 6.45) is 1.84. The molecule has 13 heavy (non-hydrogen) atoms. The summed E-state index contributed by atoms with van der Waals surface area (Å²) in [5, 5.41) is 9.15. The van der Waals surface area contributed by atoms with Gasteiger partial charge in [0.25, 0.3) is 0 Å². The molecule has 72 valence electrons. The van der Waals surface area contributed by atoms with Crippen molar-refractivity contribution in [1.82, 2.24) is 9.38 Å². The molecule has 2 heterocycles. The Hall–Kier alpha value is -0.920. The van der Waals surface area contributed by atoms with Crippen LogP contribution < -0.4 is 11.2 Å². The maximum absolute atomic E-state index is 7.26. The van der Waals surface area contributed by atoms with Crippen molar-refractivity contribution in [3.8, 4) is 0 Å². The van der Waals surface area contributed by atoms with Crippen molar-refractivity contribution >= 4 is 39.1 Å². The number of thiazole rings is 1. The first-order valence-electron chi connectivity index (χ1n) is 3.04. The Balaban J connectivity index is 0.000000720. The van der Waals surface area contributed by atoms with Gasteiger partial charge in [-0.05, 0) is 0 Å². The molecule has 0 bridgehead atoms. The number of nitrogens with zero attached hydrogens (tertiary/aromatic N) is 2. The molecule has 7 heteroatoms. The maximum Gasteiger partial charge on any atom is 0.197 e. The van der Waals surface area contributed by atoms with Crippen molar-refractivity contribution in [2.45, 2.75) is 0 Å². The molecular weight excluding hydrogens is 256 g/mol. The van der Waals surface area contributed by atoms with Crippen molar-refractivity contribution in [2.75, 3.05) is 5.73 Å². The van der Waals surface area contributed by atoms with Gasteiger partial charge >= 0.3 is 0 Å². The van der Waals surface area contributed by atoms with E-state index in [4.69, 9.17) is 11.1 Å². The molecule has 0 aliphatic rings. The van der Waals surface area contributed by atoms with Crippen LogP contribution in [0.2, 0.25) is 0 Å². The van der Waals surface area contributed by atoms with Crippen molar-refractivity contribution in [3.05, 3.63) is 23.1 Å². The highest BCUT2D eigenvalue weighted by Gasteiger charge is 1.96. The van der Waals surface area contributed by atoms with E-state index in [2.05, 4.69) is 4.98 Å². The lowest BCUT2D eigenvalue weighted by Gasteiger charge is -1.95. The van der Waals surface area contributed by atoms with Gasteiger partial charge < -0.3 is 11.2 Å². The van der Waals surface area contributed by atoms with E-state index in [9.17, 15) is 0 Å². The van der Waals surface area contributed by atoms with Crippen LogP contribution in [0, 0.1) is 5.41 Å². The predicted octanol–water partition coefficient (Wildman–Crippen LogP) is 0.211. The molecule has 0 radical (unpaired) electrons. The van der Waals surface area contributed by atoms with Crippen LogP contribution in [0.3, 0.4) is 0 Å². The second kappa shape index (κ2) is 4.35. The molecule has 0 unspecified atom stereocenters. The summed E-state index contributed by atoms with van der Waals surface area (Å²) in [6, 6.07) is 1.53. The molecule has 2 aromatic rings. The van der Waals surface area contributed by atoms with Crippen LogP contribution in [0.15, 0.2) is 17.6 Å². The van der Waals surface area contributed by atoms with Gasteiger partial charge in [-0.25, -0.2) is 4.98 Å². The Morgan fingerprint density at radius 3 is 2.92 bits per heavy atom. The highest BCUT2D eigenvalue weighted by atomic mass is 79.9. The minimum absolute atomic E-state index is 0. The molecular formula is C6H9BrN4OS. The van der Waals surface area contributed by atoms with Crippen LogP contribution >= 0.6 is 28.3 Å². The Kier molecular flexibility index (Phi) is 4.05. The number of hydrogen-bond acceptors (Lipinski definition) is 4. The van der Waals surface area contributed by atoms with Gasteiger partial charge in [0.2, 0.25) is 0 Å². The van der Waals surface area contributed by atoms with E-state index in [1.807, 2.05) is 11.6 Å². The third kappa shape index (κ3) is 2.06. The van der Waals surface area contributed by atoms with Crippen LogP contribution in [0.25, 0.3) is 4.96 Å². The summed E-state index contributed by atoms with van der Waals surface area (Å²) >= 11 is 1.47. The van der Waals surface area contributed by atoms with E-state index in [1.165, 1.54) is 17.4 Å². The summed E-state index contributed by atoms with van der Waals surface area (Å²) < 4.78 is 1.75. The first-order chi connectivity index (χ1) is 5.27. The standard InChI is InChI=1S/C6H6N4S.BrH.H2O/c7-4-3-5(8)10-1-2-11-6(10)9-4;;/h1-3,7H,8H2;1H;1H2. The molecule has 0 spiro atoms. The lowest BCUT2D eigenvalue weighted by atomic mass is 10.6. The van der Waals surface area contributed by atoms with Crippen molar-refractivity contribution in [2.24, 2.45) is 0 Å². The Morgan fingerprint density at radius 2 is 2.23 bits per heavy atom. The highest BCUT2D eigenvalue weighted by Crippen LogP contribution is 2.09. The number of fused-ring (bicyclic) bond motifs is 1. The zero-order chi connectivity index (χ0) is 7.84. The topological polar surface area (TPSA) is 98.7 Å². The Morgan fingerprint density at radius 1 is 1.54 bits per heavy atom. The minimum atomic E-state index is 0. The van der Waals surface area contributed by atoms with E-state index >= 15 is 0 Å². The van der Waals surface area contributed by atoms with Gasteiger partial charge in [0.05, 0.1) is 0 Å². The molecule has 0 amide bonds. The predicted molar refractivity (Wildman–Crippen MR) is 57.3 cm³/mol. The van der Waals surface area contributed by atoms with Crippen molar-refractivity contribution < 1.29 is 5.48 Å². The van der Waals surface area contributed by atoms with E-state index < -0.39 is 0 Å². The highest BCUT2D eigenvalue weighted by molar-refractivity contribution is 8.93. The maximum atomic E-state index is 7.26. The monoisotopic (exact) mass is 264 g/mol. The third-order valence-electron chi connectivity index (χ3n) is 1.37. The molecule has 0 saturated heterocycles. The van der Waals surface area contributed by atoms with Gasteiger partial charge in [-0.2, -0.15) is 0 Å². The normalized spacial score (nSPS) is 8.92. The van der Waals surface area contributed by atoms with Crippen molar-refractivity contribution in [1.29, 1.82) is 5.41 Å². The number of anilines is 1. The Bertz CT molecular complexity index is 451. The molecule has 0 atom stereocenters. The van der Waals surface area contributed by atoms with E-state index in [-0.39, 0.29) is 27.9 Å². The molecule has 0 fully saturated rings. The molecule has 0 aromatic carbocycles. The summed E-state index contributed by atoms with van der Waals surface area (Å²) in [7, 11) is 0. The molecule has 5 nitrogen and oxygen atoms in total. The quantitative estimate of drug-likeness (QED) is 0.711. The second-order valence-corrected chi connectivity index (χ2v) is 2.99. The van der Waals surface area contributed by atoms with Crippen LogP contribution in [0.1, 0.15) is 0 Å². The third-order valence-corrected chi connectivity index (χ3v) is 2.12. The van der Waals surface area contributed by atoms with E-state index in [0.29, 0.717) is 5.82 Å². The second-order valence-electron chi connectivity index (χ2n) is 2.12. The van der Waals surface area contributed by atoms with Crippen molar-refractivity contribution in [3.63, 3.8) is 0 Å². The molecule has 0 saturated carbocycles. The fraction of sp³-hybridized carbons (Fsp3) is 0. The molecule has 0 aliphatic heterocycles. The first kappa shape index (κ1) is 12.1. The average molecular weight is 265 g/mol. The minimum Gasteiger partial charge on any atom is -0.412 e. The van der Waals surface area contributed by atoms with E-state index in [0.717, 1.165) is 4.96 Å². The lowest BCUT2D eigenvalue weighted by Crippen LogP contribution is -2.09. The summed E-state index contributed by atoms with van der Waals surface area (Å²) in [6.45, 7) is 0. The number of nitrogen functional groups attached to an aromatic ring is 1. The number of hydrogen-bond donors (Lipinski definition) is 2. The summed E-state index contributed by atoms with van der Waals surface area (Å²) in [5.41, 5.74) is 5.82. The lowest BCUT2D eigenvalue weighted by molar-refractivity contribution is 0.824. The molecule has 2 rings (SSSR count). The number of halogens is 1. The van der Waals surface area contributed by atoms with Gasteiger partial charge in [0.1, 0.15) is 5.82 Å². The largest absolute Gasteiger partial charge is 0.412 e. The van der Waals surface area contributed by atoms with Gasteiger partial charge in [-0.15, -0.1) is 28.3 Å². The van der Waals surface area contributed by atoms with Gasteiger partial charge in [-0.1, -0.05) is 0 Å². The smallest absolute Gasteiger partial charge is 0.197 e. The van der Waals surface area contributed by atoms with Gasteiger partial charge in [0, 0.05) is 17.6 Å². The van der Waals surface area contributed by atoms with Crippen LogP contribution in [0.5, 0.6) is 0 Å². The van der Waals surface area contributed by atoms with Gasteiger partial charge in [-0.3, -0.25) is 9.81 Å². The summed E-state index contributed by atoms with van der Waals surface area (Å²) in [5.74, 6) is 0.557. The zero-order valence-corrected chi connectivity index (χ0v) is 9.05. The number of nitrogens with two attached hydrogens (primary N) is 1. The zero-order valence-electron chi connectivity index (χ0n) is 6.52. The van der Waals surface area contributed by atoms with Gasteiger partial charge in [0.15, 0.2) is 10.4 Å². The van der Waals surface area contributed by atoms with E-state index in [1.54, 1.807) is 4.40 Å². The first-order valence-corrected chi connectivity index (χ1v) is 3.92. The van der Waals surface area contributed by atoms with Crippen LogP contribution in [0.4, 0.5) is 5.82 Å².